The van der Waals surface area contributed by atoms with Crippen molar-refractivity contribution in [2.24, 2.45) is 0 Å². The molecule has 0 spiro atoms. The van der Waals surface area contributed by atoms with Crippen LogP contribution in [0.3, 0.4) is 0 Å². The van der Waals surface area contributed by atoms with Gasteiger partial charge in [-0.25, -0.2) is 0 Å². The van der Waals surface area contributed by atoms with Crippen molar-refractivity contribution >= 4 is 8.32 Å². The molecule has 4 heteroatoms. The van der Waals surface area contributed by atoms with Gasteiger partial charge in [-0.1, -0.05) is 20.8 Å². The van der Waals surface area contributed by atoms with E-state index >= 15 is 0 Å². The third kappa shape index (κ3) is 3.43. The molecular formula is C19H32O3Si. The number of fused-ring (bicyclic) bond motifs is 1. The first-order valence-corrected chi connectivity index (χ1v) is 11.4. The van der Waals surface area contributed by atoms with Crippen LogP contribution in [0.15, 0.2) is 6.07 Å². The quantitative estimate of drug-likeness (QED) is 0.809. The highest BCUT2D eigenvalue weighted by Crippen LogP contribution is 2.43. The van der Waals surface area contributed by atoms with Crippen LogP contribution in [0.4, 0.5) is 0 Å². The molecule has 1 heterocycles. The van der Waals surface area contributed by atoms with E-state index in [4.69, 9.17) is 9.16 Å². The predicted octanol–water partition coefficient (Wildman–Crippen LogP) is 4.76. The standard InChI is InChI=1S/C19H32O3Si/c1-13-14(2)17-15(9-10-19(6,12-20)21-17)11-16(13)22-23(7,8)18(3,4)5/h11,20H,9-10,12H2,1-8H3/t19-/m0/s1. The molecule has 1 N–H and O–H groups in total. The Morgan fingerprint density at radius 2 is 1.87 bits per heavy atom. The van der Waals surface area contributed by atoms with Crippen molar-refractivity contribution in [3.05, 3.63) is 22.8 Å². The Morgan fingerprint density at radius 1 is 1.26 bits per heavy atom. The lowest BCUT2D eigenvalue weighted by atomic mass is 9.90. The fourth-order valence-corrected chi connectivity index (χ4v) is 3.67. The molecule has 0 amide bonds. The lowest BCUT2D eigenvalue weighted by Crippen LogP contribution is -2.44. The van der Waals surface area contributed by atoms with Crippen molar-refractivity contribution in [1.29, 1.82) is 0 Å². The summed E-state index contributed by atoms with van der Waals surface area (Å²) in [6, 6.07) is 2.16. The molecule has 0 aromatic heterocycles. The monoisotopic (exact) mass is 336 g/mol. The number of hydrogen-bond donors (Lipinski definition) is 1. The zero-order chi connectivity index (χ0) is 17.6. The van der Waals surface area contributed by atoms with Gasteiger partial charge in [0.25, 0.3) is 0 Å². The maximum atomic E-state index is 9.59. The first-order valence-electron chi connectivity index (χ1n) is 8.52. The summed E-state index contributed by atoms with van der Waals surface area (Å²) in [4.78, 5) is 0. The Kier molecular flexibility index (Phi) is 4.64. The molecule has 0 saturated carbocycles. The second-order valence-electron chi connectivity index (χ2n) is 8.69. The van der Waals surface area contributed by atoms with Crippen molar-refractivity contribution in [2.75, 3.05) is 6.61 Å². The molecule has 1 aliphatic rings. The molecule has 2 rings (SSSR count). The molecule has 1 aromatic rings. The highest BCUT2D eigenvalue weighted by molar-refractivity contribution is 6.74. The summed E-state index contributed by atoms with van der Waals surface area (Å²) in [5, 5.41) is 9.76. The van der Waals surface area contributed by atoms with Crippen molar-refractivity contribution in [2.45, 2.75) is 78.1 Å². The van der Waals surface area contributed by atoms with Crippen molar-refractivity contribution < 1.29 is 14.3 Å². The van der Waals surface area contributed by atoms with Gasteiger partial charge in [0.05, 0.1) is 6.61 Å². The number of ether oxygens (including phenoxy) is 1. The normalized spacial score (nSPS) is 21.6. The van der Waals surface area contributed by atoms with Crippen LogP contribution in [0, 0.1) is 13.8 Å². The van der Waals surface area contributed by atoms with Crippen LogP contribution in [0.2, 0.25) is 18.1 Å². The van der Waals surface area contributed by atoms with Gasteiger partial charge in [-0.2, -0.15) is 0 Å². The summed E-state index contributed by atoms with van der Waals surface area (Å²) in [7, 11) is -1.86. The zero-order valence-electron chi connectivity index (χ0n) is 16.0. The molecule has 130 valence electrons. The van der Waals surface area contributed by atoms with Gasteiger partial charge in [0.15, 0.2) is 0 Å². The van der Waals surface area contributed by atoms with Gasteiger partial charge >= 0.3 is 0 Å². The molecule has 0 saturated heterocycles. The minimum atomic E-state index is -1.86. The summed E-state index contributed by atoms with van der Waals surface area (Å²) >= 11 is 0. The average Bonchev–Trinajstić information content (AvgIpc) is 2.44. The lowest BCUT2D eigenvalue weighted by molar-refractivity contribution is 0.00738. The molecule has 23 heavy (non-hydrogen) atoms. The summed E-state index contributed by atoms with van der Waals surface area (Å²) in [5.74, 6) is 1.94. The van der Waals surface area contributed by atoms with E-state index in [1.165, 1.54) is 5.56 Å². The molecule has 1 aliphatic heterocycles. The van der Waals surface area contributed by atoms with Crippen LogP contribution >= 0.6 is 0 Å². The molecule has 0 fully saturated rings. The maximum absolute atomic E-state index is 9.59. The van der Waals surface area contributed by atoms with E-state index in [-0.39, 0.29) is 11.6 Å². The Hall–Kier alpha value is -1.00. The lowest BCUT2D eigenvalue weighted by Gasteiger charge is -2.39. The summed E-state index contributed by atoms with van der Waals surface area (Å²) in [5.41, 5.74) is 3.02. The Morgan fingerprint density at radius 3 is 2.39 bits per heavy atom. The number of rotatable bonds is 3. The van der Waals surface area contributed by atoms with Crippen LogP contribution in [-0.2, 0) is 6.42 Å². The zero-order valence-corrected chi connectivity index (χ0v) is 17.0. The van der Waals surface area contributed by atoms with Gasteiger partial charge in [-0.3, -0.25) is 0 Å². The van der Waals surface area contributed by atoms with E-state index in [0.717, 1.165) is 35.5 Å². The minimum Gasteiger partial charge on any atom is -0.543 e. The summed E-state index contributed by atoms with van der Waals surface area (Å²) in [6.07, 6.45) is 1.75. The largest absolute Gasteiger partial charge is 0.543 e. The van der Waals surface area contributed by atoms with Crippen molar-refractivity contribution in [1.82, 2.24) is 0 Å². The maximum Gasteiger partial charge on any atom is 0.250 e. The van der Waals surface area contributed by atoms with Crippen molar-refractivity contribution in [3.8, 4) is 11.5 Å². The van der Waals surface area contributed by atoms with E-state index in [9.17, 15) is 5.11 Å². The van der Waals surface area contributed by atoms with Crippen LogP contribution in [0.1, 0.15) is 50.8 Å². The number of aliphatic hydroxyl groups excluding tert-OH is 1. The molecule has 0 radical (unpaired) electrons. The van der Waals surface area contributed by atoms with Gasteiger partial charge in [-0.05, 0) is 74.5 Å². The highest BCUT2D eigenvalue weighted by Gasteiger charge is 2.40. The molecule has 1 aromatic carbocycles. The Balaban J connectivity index is 2.42. The number of hydrogen-bond acceptors (Lipinski definition) is 3. The third-order valence-corrected chi connectivity index (χ3v) is 9.99. The molecule has 0 unspecified atom stereocenters. The topological polar surface area (TPSA) is 38.7 Å². The molecule has 0 aliphatic carbocycles. The van der Waals surface area contributed by atoms with Crippen molar-refractivity contribution in [3.63, 3.8) is 0 Å². The van der Waals surface area contributed by atoms with Crippen LogP contribution < -0.4 is 9.16 Å². The fraction of sp³-hybridized carbons (Fsp3) is 0.684. The number of benzene rings is 1. The third-order valence-electron chi connectivity index (χ3n) is 5.65. The smallest absolute Gasteiger partial charge is 0.250 e. The minimum absolute atomic E-state index is 0.0488. The van der Waals surface area contributed by atoms with E-state index in [0.29, 0.717) is 0 Å². The number of aliphatic hydroxyl groups is 1. The molecule has 3 nitrogen and oxygen atoms in total. The molecule has 1 atom stereocenters. The van der Waals surface area contributed by atoms with Crippen LogP contribution in [0.25, 0.3) is 0 Å². The Labute approximate surface area is 142 Å². The highest BCUT2D eigenvalue weighted by atomic mass is 28.4. The SMILES string of the molecule is Cc1c(O[Si](C)(C)C(C)(C)C)cc2c(c1C)O[C@](C)(CO)CC2. The van der Waals surface area contributed by atoms with E-state index in [2.05, 4.69) is 53.8 Å². The average molecular weight is 337 g/mol. The van der Waals surface area contributed by atoms with E-state index < -0.39 is 13.9 Å². The summed E-state index contributed by atoms with van der Waals surface area (Å²) < 4.78 is 12.7. The second kappa shape index (κ2) is 5.82. The van der Waals surface area contributed by atoms with Gasteiger partial charge < -0.3 is 14.3 Å². The van der Waals surface area contributed by atoms with Gasteiger partial charge in [0.1, 0.15) is 17.1 Å². The second-order valence-corrected chi connectivity index (χ2v) is 13.4. The first kappa shape index (κ1) is 18.3. The van der Waals surface area contributed by atoms with E-state index in [1.54, 1.807) is 0 Å². The van der Waals surface area contributed by atoms with Crippen LogP contribution in [-0.4, -0.2) is 25.6 Å². The first-order chi connectivity index (χ1) is 10.4. The molecular weight excluding hydrogens is 304 g/mol. The molecule has 0 bridgehead atoms. The van der Waals surface area contributed by atoms with Gasteiger partial charge in [0.2, 0.25) is 8.32 Å². The van der Waals surface area contributed by atoms with Gasteiger partial charge in [0, 0.05) is 0 Å². The fourth-order valence-electron chi connectivity index (χ4n) is 2.60. The van der Waals surface area contributed by atoms with Gasteiger partial charge in [-0.15, -0.1) is 0 Å². The predicted molar refractivity (Wildman–Crippen MR) is 98.2 cm³/mol. The van der Waals surface area contributed by atoms with Crippen LogP contribution in [0.5, 0.6) is 11.5 Å². The number of aryl methyl sites for hydroxylation is 1. The summed E-state index contributed by atoms with van der Waals surface area (Å²) in [6.45, 7) is 17.6. The van der Waals surface area contributed by atoms with E-state index in [1.807, 2.05) is 6.92 Å². The Bertz CT molecular complexity index is 602.